The van der Waals surface area contributed by atoms with Crippen LogP contribution in [0.15, 0.2) is 0 Å². The molecule has 1 saturated carbocycles. The highest BCUT2D eigenvalue weighted by molar-refractivity contribution is 4.69. The third-order valence-electron chi connectivity index (χ3n) is 3.82. The zero-order valence-corrected chi connectivity index (χ0v) is 12.4. The molecule has 0 spiro atoms. The van der Waals surface area contributed by atoms with Crippen molar-refractivity contribution >= 4 is 0 Å². The highest BCUT2D eigenvalue weighted by atomic mass is 17.3. The number of hydrogen-bond donors (Lipinski definition) is 1. The van der Waals surface area contributed by atoms with E-state index in [1.807, 2.05) is 0 Å². The molecule has 4 heteroatoms. The van der Waals surface area contributed by atoms with Crippen LogP contribution >= 0.6 is 0 Å². The lowest BCUT2D eigenvalue weighted by molar-refractivity contribution is -0.503. The van der Waals surface area contributed by atoms with Crippen LogP contribution in [-0.4, -0.2) is 17.7 Å². The number of hydrogen-bond acceptors (Lipinski definition) is 4. The predicted molar refractivity (Wildman–Crippen MR) is 74.6 cm³/mol. The molecule has 1 rings (SSSR count). The summed E-state index contributed by atoms with van der Waals surface area (Å²) >= 11 is 0. The number of rotatable bonds is 6. The molecule has 1 aliphatic rings. The van der Waals surface area contributed by atoms with Crippen molar-refractivity contribution in [3.63, 3.8) is 0 Å². The lowest BCUT2D eigenvalue weighted by atomic mass is 10.0. The maximum Gasteiger partial charge on any atom is 0.233 e. The molecule has 19 heavy (non-hydrogen) atoms. The maximum absolute atomic E-state index is 9.24. The molecule has 0 bridgehead atoms. The molecular formula is C15H30O4. The van der Waals surface area contributed by atoms with E-state index < -0.39 is 5.79 Å². The van der Waals surface area contributed by atoms with E-state index in [1.54, 1.807) is 0 Å². The monoisotopic (exact) mass is 274 g/mol. The van der Waals surface area contributed by atoms with Crippen LogP contribution in [-0.2, 0) is 14.7 Å². The van der Waals surface area contributed by atoms with E-state index in [0.29, 0.717) is 19.4 Å². The first-order valence-electron chi connectivity index (χ1n) is 7.96. The fourth-order valence-corrected chi connectivity index (χ4v) is 2.52. The Kier molecular flexibility index (Phi) is 9.43. The first-order chi connectivity index (χ1) is 9.33. The Morgan fingerprint density at radius 2 is 1.42 bits per heavy atom. The summed E-state index contributed by atoms with van der Waals surface area (Å²) in [5.41, 5.74) is 0. The summed E-state index contributed by atoms with van der Waals surface area (Å²) in [6.07, 6.45) is 13.0. The van der Waals surface area contributed by atoms with Gasteiger partial charge < -0.3 is 0 Å². The van der Waals surface area contributed by atoms with E-state index in [-0.39, 0.29) is 0 Å². The second-order valence-electron chi connectivity index (χ2n) is 5.59. The van der Waals surface area contributed by atoms with Gasteiger partial charge in [0.1, 0.15) is 0 Å². The van der Waals surface area contributed by atoms with Crippen LogP contribution in [0.2, 0.25) is 0 Å². The average molecular weight is 274 g/mol. The van der Waals surface area contributed by atoms with Crippen LogP contribution in [0.3, 0.4) is 0 Å². The van der Waals surface area contributed by atoms with E-state index in [2.05, 4.69) is 11.8 Å². The number of unbranched alkanes of at least 4 members (excludes halogenated alkanes) is 1. The fraction of sp³-hybridized carbons (Fsp3) is 1.00. The molecule has 0 aromatic carbocycles. The Bertz CT molecular complexity index is 196. The zero-order valence-electron chi connectivity index (χ0n) is 12.4. The highest BCUT2D eigenvalue weighted by Gasteiger charge is 2.33. The minimum atomic E-state index is -0.946. The standard InChI is InChI=1S/C15H30O4/c1-2-3-14-17-19-15(18-16)12-10-8-6-4-5-7-9-11-13-15/h16H,2-14H2,1H3. The Hall–Kier alpha value is -0.160. The molecule has 0 saturated heterocycles. The topological polar surface area (TPSA) is 47.9 Å². The van der Waals surface area contributed by atoms with Gasteiger partial charge in [-0.25, -0.2) is 15.0 Å². The SMILES string of the molecule is CCCCOOC1(OO)CCCCCCCCCC1. The summed E-state index contributed by atoms with van der Waals surface area (Å²) in [6, 6.07) is 0. The molecular weight excluding hydrogens is 244 g/mol. The lowest BCUT2D eigenvalue weighted by Gasteiger charge is -2.28. The van der Waals surface area contributed by atoms with Gasteiger partial charge in [-0.2, -0.15) is 4.89 Å². The Labute approximate surface area is 117 Å². The van der Waals surface area contributed by atoms with Crippen LogP contribution in [0.4, 0.5) is 0 Å². The van der Waals surface area contributed by atoms with Crippen molar-refractivity contribution < 1.29 is 19.9 Å². The van der Waals surface area contributed by atoms with Crippen molar-refractivity contribution in [3.8, 4) is 0 Å². The van der Waals surface area contributed by atoms with Gasteiger partial charge in [-0.15, -0.1) is 0 Å². The largest absolute Gasteiger partial charge is 0.249 e. The third-order valence-corrected chi connectivity index (χ3v) is 3.82. The molecule has 1 fully saturated rings. The molecule has 0 radical (unpaired) electrons. The summed E-state index contributed by atoms with van der Waals surface area (Å²) < 4.78 is 0. The lowest BCUT2D eigenvalue weighted by Crippen LogP contribution is -2.35. The summed E-state index contributed by atoms with van der Waals surface area (Å²) in [5.74, 6) is -0.946. The van der Waals surface area contributed by atoms with Crippen molar-refractivity contribution in [1.29, 1.82) is 0 Å². The molecule has 1 N–H and O–H groups in total. The maximum atomic E-state index is 9.24. The normalized spacial score (nSPS) is 21.8. The zero-order chi connectivity index (χ0) is 13.8. The highest BCUT2D eigenvalue weighted by Crippen LogP contribution is 2.29. The minimum absolute atomic E-state index is 0.557. The second-order valence-corrected chi connectivity index (χ2v) is 5.59. The van der Waals surface area contributed by atoms with Gasteiger partial charge in [-0.05, 0) is 19.3 Å². The summed E-state index contributed by atoms with van der Waals surface area (Å²) in [4.78, 5) is 15.3. The average Bonchev–Trinajstić information content (AvgIpc) is 2.49. The fourth-order valence-electron chi connectivity index (χ4n) is 2.52. The van der Waals surface area contributed by atoms with Crippen molar-refractivity contribution in [2.24, 2.45) is 0 Å². The van der Waals surface area contributed by atoms with Crippen molar-refractivity contribution in [2.45, 2.75) is 89.8 Å². The van der Waals surface area contributed by atoms with Gasteiger partial charge in [-0.3, -0.25) is 0 Å². The Balaban J connectivity index is 2.42. The van der Waals surface area contributed by atoms with E-state index >= 15 is 0 Å². The van der Waals surface area contributed by atoms with Crippen molar-refractivity contribution in [2.75, 3.05) is 6.61 Å². The van der Waals surface area contributed by atoms with Crippen LogP contribution in [0.25, 0.3) is 0 Å². The van der Waals surface area contributed by atoms with Gasteiger partial charge in [0.25, 0.3) is 0 Å². The molecule has 1 aliphatic carbocycles. The Morgan fingerprint density at radius 1 is 0.895 bits per heavy atom. The molecule has 0 aromatic heterocycles. The minimum Gasteiger partial charge on any atom is -0.249 e. The van der Waals surface area contributed by atoms with Gasteiger partial charge in [-0.1, -0.05) is 51.9 Å². The summed E-state index contributed by atoms with van der Waals surface area (Å²) in [6.45, 7) is 2.66. The van der Waals surface area contributed by atoms with Crippen LogP contribution in [0.5, 0.6) is 0 Å². The van der Waals surface area contributed by atoms with Gasteiger partial charge in [0, 0.05) is 12.8 Å². The Morgan fingerprint density at radius 3 is 1.89 bits per heavy atom. The molecule has 0 aromatic rings. The molecule has 0 unspecified atom stereocenters. The van der Waals surface area contributed by atoms with E-state index in [1.165, 1.54) is 38.5 Å². The second kappa shape index (κ2) is 10.6. The third kappa shape index (κ3) is 7.25. The molecule has 4 nitrogen and oxygen atoms in total. The summed E-state index contributed by atoms with van der Waals surface area (Å²) in [7, 11) is 0. The quantitative estimate of drug-likeness (QED) is 0.326. The molecule has 0 aliphatic heterocycles. The molecule has 0 heterocycles. The van der Waals surface area contributed by atoms with E-state index in [4.69, 9.17) is 9.78 Å². The predicted octanol–water partition coefficient (Wildman–Crippen LogP) is 4.84. The first-order valence-corrected chi connectivity index (χ1v) is 7.96. The van der Waals surface area contributed by atoms with Crippen LogP contribution in [0.1, 0.15) is 84.0 Å². The molecule has 0 amide bonds. The van der Waals surface area contributed by atoms with E-state index in [9.17, 15) is 5.26 Å². The van der Waals surface area contributed by atoms with Crippen molar-refractivity contribution in [1.82, 2.24) is 0 Å². The van der Waals surface area contributed by atoms with Crippen molar-refractivity contribution in [3.05, 3.63) is 0 Å². The molecule has 0 atom stereocenters. The van der Waals surface area contributed by atoms with E-state index in [0.717, 1.165) is 25.7 Å². The smallest absolute Gasteiger partial charge is 0.233 e. The van der Waals surface area contributed by atoms with Gasteiger partial charge >= 0.3 is 0 Å². The summed E-state index contributed by atoms with van der Waals surface area (Å²) in [5, 5.41) is 9.24. The van der Waals surface area contributed by atoms with Gasteiger partial charge in [0.2, 0.25) is 5.79 Å². The first kappa shape index (κ1) is 16.9. The van der Waals surface area contributed by atoms with Gasteiger partial charge in [0.15, 0.2) is 0 Å². The van der Waals surface area contributed by atoms with Crippen LogP contribution in [0, 0.1) is 0 Å². The van der Waals surface area contributed by atoms with Crippen LogP contribution < -0.4 is 0 Å². The van der Waals surface area contributed by atoms with Gasteiger partial charge in [0.05, 0.1) is 6.61 Å². The molecule has 114 valence electrons.